The molecule has 0 saturated carbocycles. The summed E-state index contributed by atoms with van der Waals surface area (Å²) in [6.07, 6.45) is 0. The van der Waals surface area contributed by atoms with Gasteiger partial charge in [0.05, 0.1) is 11.6 Å². The van der Waals surface area contributed by atoms with Crippen molar-refractivity contribution in [2.75, 3.05) is 6.54 Å². The van der Waals surface area contributed by atoms with Crippen molar-refractivity contribution >= 4 is 21.8 Å². The molecule has 2 aromatic rings. The molecule has 21 heavy (non-hydrogen) atoms. The zero-order chi connectivity index (χ0) is 15.2. The Kier molecular flexibility index (Phi) is 5.13. The number of hydrogen-bond acceptors (Lipinski definition) is 2. The minimum absolute atomic E-state index is 0.0635. The molecule has 4 heteroatoms. The van der Waals surface area contributed by atoms with Gasteiger partial charge in [-0.15, -0.1) is 0 Å². The van der Waals surface area contributed by atoms with E-state index in [2.05, 4.69) is 22.0 Å². The lowest BCUT2D eigenvalue weighted by Crippen LogP contribution is -2.31. The highest BCUT2D eigenvalue weighted by molar-refractivity contribution is 9.10. The highest BCUT2D eigenvalue weighted by atomic mass is 79.9. The quantitative estimate of drug-likeness (QED) is 0.790. The molecule has 2 aromatic carbocycles. The standard InChI is InChI=1S/C17H15BrN2O/c1-13-7-8-15(16(18)11-13)17(21)20(10-9-19)12-14-5-3-2-4-6-14/h2-8,11H,10,12H2,1H3. The number of carbonyl (C=O) groups is 1. The van der Waals surface area contributed by atoms with E-state index >= 15 is 0 Å². The Morgan fingerprint density at radius 1 is 1.24 bits per heavy atom. The Morgan fingerprint density at radius 2 is 1.95 bits per heavy atom. The number of carbonyl (C=O) groups excluding carboxylic acids is 1. The van der Waals surface area contributed by atoms with Gasteiger partial charge in [0.1, 0.15) is 6.54 Å². The second kappa shape index (κ2) is 7.05. The van der Waals surface area contributed by atoms with Gasteiger partial charge < -0.3 is 4.90 Å². The summed E-state index contributed by atoms with van der Waals surface area (Å²) in [6, 6.07) is 17.3. The maximum Gasteiger partial charge on any atom is 0.256 e. The first kappa shape index (κ1) is 15.3. The van der Waals surface area contributed by atoms with E-state index in [0.717, 1.165) is 15.6 Å². The number of hydrogen-bond donors (Lipinski definition) is 0. The summed E-state index contributed by atoms with van der Waals surface area (Å²) in [5, 5.41) is 8.97. The lowest BCUT2D eigenvalue weighted by Gasteiger charge is -2.20. The summed E-state index contributed by atoms with van der Waals surface area (Å²) in [7, 11) is 0. The third-order valence-corrected chi connectivity index (χ3v) is 3.78. The summed E-state index contributed by atoms with van der Waals surface area (Å²) in [5.41, 5.74) is 2.66. The molecule has 2 rings (SSSR count). The average molecular weight is 343 g/mol. The Morgan fingerprint density at radius 3 is 2.57 bits per heavy atom. The first-order valence-corrected chi connectivity index (χ1v) is 7.37. The lowest BCUT2D eigenvalue weighted by molar-refractivity contribution is 0.0764. The first-order valence-electron chi connectivity index (χ1n) is 6.58. The largest absolute Gasteiger partial charge is 0.321 e. The van der Waals surface area contributed by atoms with Crippen LogP contribution in [0.4, 0.5) is 0 Å². The van der Waals surface area contributed by atoms with Crippen molar-refractivity contribution in [2.24, 2.45) is 0 Å². The van der Waals surface area contributed by atoms with Crippen molar-refractivity contribution in [1.82, 2.24) is 4.90 Å². The van der Waals surface area contributed by atoms with Gasteiger partial charge in [-0.1, -0.05) is 36.4 Å². The number of aryl methyl sites for hydroxylation is 1. The predicted octanol–water partition coefficient (Wildman–Crippen LogP) is 3.92. The van der Waals surface area contributed by atoms with Crippen molar-refractivity contribution in [2.45, 2.75) is 13.5 Å². The van der Waals surface area contributed by atoms with Crippen molar-refractivity contribution in [3.8, 4) is 6.07 Å². The molecule has 0 saturated heterocycles. The fourth-order valence-corrected chi connectivity index (χ4v) is 2.72. The Labute approximate surface area is 132 Å². The summed E-state index contributed by atoms with van der Waals surface area (Å²) < 4.78 is 0.753. The molecular weight excluding hydrogens is 328 g/mol. The molecule has 0 heterocycles. The van der Waals surface area contributed by atoms with E-state index < -0.39 is 0 Å². The molecule has 0 aromatic heterocycles. The molecule has 0 aliphatic heterocycles. The molecule has 3 nitrogen and oxygen atoms in total. The van der Waals surface area contributed by atoms with Gasteiger partial charge in [0.15, 0.2) is 0 Å². The van der Waals surface area contributed by atoms with E-state index in [1.54, 1.807) is 11.0 Å². The topological polar surface area (TPSA) is 44.1 Å². The molecule has 1 amide bonds. The third-order valence-electron chi connectivity index (χ3n) is 3.12. The van der Waals surface area contributed by atoms with E-state index in [1.165, 1.54) is 0 Å². The van der Waals surface area contributed by atoms with Gasteiger partial charge in [-0.25, -0.2) is 0 Å². The summed E-state index contributed by atoms with van der Waals surface area (Å²) in [6.45, 7) is 2.46. The fourth-order valence-electron chi connectivity index (χ4n) is 2.05. The minimum atomic E-state index is -0.146. The summed E-state index contributed by atoms with van der Waals surface area (Å²) in [4.78, 5) is 14.2. The SMILES string of the molecule is Cc1ccc(C(=O)N(CC#N)Cc2ccccc2)c(Br)c1. The molecule has 0 N–H and O–H groups in total. The highest BCUT2D eigenvalue weighted by Gasteiger charge is 2.18. The normalized spacial score (nSPS) is 9.95. The van der Waals surface area contributed by atoms with Crippen LogP contribution in [0.5, 0.6) is 0 Å². The van der Waals surface area contributed by atoms with Crippen molar-refractivity contribution in [3.05, 3.63) is 69.7 Å². The van der Waals surface area contributed by atoms with Crippen molar-refractivity contribution < 1.29 is 4.79 Å². The van der Waals surface area contributed by atoms with E-state index in [9.17, 15) is 4.79 Å². The van der Waals surface area contributed by atoms with Crippen LogP contribution < -0.4 is 0 Å². The van der Waals surface area contributed by atoms with E-state index in [1.807, 2.05) is 49.4 Å². The number of amides is 1. The molecule has 106 valence electrons. The van der Waals surface area contributed by atoms with Crippen LogP contribution in [-0.2, 0) is 6.54 Å². The summed E-state index contributed by atoms with van der Waals surface area (Å²) in [5.74, 6) is -0.146. The van der Waals surface area contributed by atoms with Crippen LogP contribution in [0.15, 0.2) is 53.0 Å². The van der Waals surface area contributed by atoms with Crippen LogP contribution >= 0.6 is 15.9 Å². The molecule has 0 spiro atoms. The van der Waals surface area contributed by atoms with Crippen LogP contribution in [0, 0.1) is 18.3 Å². The molecule has 0 aliphatic carbocycles. The van der Waals surface area contributed by atoms with E-state index in [4.69, 9.17) is 5.26 Å². The fraction of sp³-hybridized carbons (Fsp3) is 0.176. The number of halogens is 1. The monoisotopic (exact) mass is 342 g/mol. The van der Waals surface area contributed by atoms with E-state index in [0.29, 0.717) is 12.1 Å². The first-order chi connectivity index (χ1) is 10.1. The Bertz CT molecular complexity index is 677. The third kappa shape index (κ3) is 3.93. The van der Waals surface area contributed by atoms with Gasteiger partial charge >= 0.3 is 0 Å². The number of nitrogens with zero attached hydrogens (tertiary/aromatic N) is 2. The zero-order valence-corrected chi connectivity index (χ0v) is 13.3. The molecule has 0 fully saturated rings. The molecule has 0 atom stereocenters. The smallest absolute Gasteiger partial charge is 0.256 e. The molecule has 0 aliphatic rings. The van der Waals surface area contributed by atoms with Gasteiger partial charge in [-0.3, -0.25) is 4.79 Å². The van der Waals surface area contributed by atoms with Crippen LogP contribution in [-0.4, -0.2) is 17.4 Å². The van der Waals surface area contributed by atoms with Crippen LogP contribution in [0.25, 0.3) is 0 Å². The minimum Gasteiger partial charge on any atom is -0.321 e. The summed E-state index contributed by atoms with van der Waals surface area (Å²) >= 11 is 3.42. The number of rotatable bonds is 4. The lowest BCUT2D eigenvalue weighted by atomic mass is 10.1. The second-order valence-electron chi connectivity index (χ2n) is 4.79. The van der Waals surface area contributed by atoms with Gasteiger partial charge in [0.2, 0.25) is 0 Å². The maximum atomic E-state index is 12.6. The Hall–Kier alpha value is -2.12. The Balaban J connectivity index is 2.25. The number of benzene rings is 2. The van der Waals surface area contributed by atoms with Gasteiger partial charge in [-0.2, -0.15) is 5.26 Å². The number of nitriles is 1. The zero-order valence-electron chi connectivity index (χ0n) is 11.7. The molecular formula is C17H15BrN2O. The molecule has 0 radical (unpaired) electrons. The molecule has 0 unspecified atom stereocenters. The molecule has 0 bridgehead atoms. The van der Waals surface area contributed by atoms with Crippen LogP contribution in [0.2, 0.25) is 0 Å². The van der Waals surface area contributed by atoms with Gasteiger partial charge in [-0.05, 0) is 46.1 Å². The van der Waals surface area contributed by atoms with Gasteiger partial charge in [0.25, 0.3) is 5.91 Å². The average Bonchev–Trinajstić information content (AvgIpc) is 2.47. The van der Waals surface area contributed by atoms with Crippen LogP contribution in [0.1, 0.15) is 21.5 Å². The van der Waals surface area contributed by atoms with E-state index in [-0.39, 0.29) is 12.5 Å². The maximum absolute atomic E-state index is 12.6. The predicted molar refractivity (Wildman–Crippen MR) is 85.7 cm³/mol. The van der Waals surface area contributed by atoms with Crippen molar-refractivity contribution in [3.63, 3.8) is 0 Å². The van der Waals surface area contributed by atoms with Crippen molar-refractivity contribution in [1.29, 1.82) is 5.26 Å². The van der Waals surface area contributed by atoms with Crippen LogP contribution in [0.3, 0.4) is 0 Å². The van der Waals surface area contributed by atoms with Gasteiger partial charge in [0, 0.05) is 11.0 Å². The highest BCUT2D eigenvalue weighted by Crippen LogP contribution is 2.21. The second-order valence-corrected chi connectivity index (χ2v) is 5.64.